The van der Waals surface area contributed by atoms with Gasteiger partial charge in [-0.2, -0.15) is 0 Å². The lowest BCUT2D eigenvalue weighted by molar-refractivity contribution is 0.297. The van der Waals surface area contributed by atoms with Crippen LogP contribution in [0.3, 0.4) is 0 Å². The highest BCUT2D eigenvalue weighted by molar-refractivity contribution is 7.92. The third-order valence-corrected chi connectivity index (χ3v) is 7.02. The number of nitrogens with one attached hydrogen (secondary N) is 1. The molecule has 0 spiro atoms. The van der Waals surface area contributed by atoms with Crippen molar-refractivity contribution in [3.05, 3.63) is 29.3 Å². The average molecular weight is 295 g/mol. The van der Waals surface area contributed by atoms with E-state index >= 15 is 0 Å². The fourth-order valence-electron chi connectivity index (χ4n) is 3.32. The molecule has 2 rings (SSSR count). The summed E-state index contributed by atoms with van der Waals surface area (Å²) in [4.78, 5) is 0.462. The quantitative estimate of drug-likeness (QED) is 0.932. The predicted molar refractivity (Wildman–Crippen MR) is 82.8 cm³/mol. The van der Waals surface area contributed by atoms with E-state index in [-0.39, 0.29) is 16.7 Å². The van der Waals surface area contributed by atoms with Gasteiger partial charge < -0.3 is 5.32 Å². The molecule has 0 bridgehead atoms. The molecule has 0 radical (unpaired) electrons. The van der Waals surface area contributed by atoms with Gasteiger partial charge in [-0.3, -0.25) is 0 Å². The smallest absolute Gasteiger partial charge is 0.182 e. The standard InChI is InChI=1S/C16H25NO2S/c1-11-6-7-13(10-12(11)2)20(18,19)14-8-9-16(3,4)15(14)17-5/h6-7,10,14-15,17H,8-9H2,1-5H3. The molecule has 0 aliphatic heterocycles. The molecule has 1 aromatic rings. The molecule has 0 saturated heterocycles. The molecule has 4 heteroatoms. The molecule has 112 valence electrons. The summed E-state index contributed by atoms with van der Waals surface area (Å²) in [6.45, 7) is 8.25. The third kappa shape index (κ3) is 2.51. The van der Waals surface area contributed by atoms with Crippen LogP contribution in [0.2, 0.25) is 0 Å². The minimum atomic E-state index is -3.27. The Balaban J connectivity index is 2.42. The summed E-state index contributed by atoms with van der Waals surface area (Å²) in [5.41, 5.74) is 2.18. The summed E-state index contributed by atoms with van der Waals surface area (Å²) in [6, 6.07) is 5.46. The predicted octanol–water partition coefficient (Wildman–Crippen LogP) is 2.85. The minimum absolute atomic E-state index is 0.00843. The van der Waals surface area contributed by atoms with Crippen molar-refractivity contribution >= 4 is 9.84 Å². The topological polar surface area (TPSA) is 46.2 Å². The van der Waals surface area contributed by atoms with Gasteiger partial charge in [-0.05, 0) is 62.4 Å². The van der Waals surface area contributed by atoms with Crippen LogP contribution in [0.5, 0.6) is 0 Å². The Morgan fingerprint density at radius 1 is 1.20 bits per heavy atom. The molecular formula is C16H25NO2S. The van der Waals surface area contributed by atoms with E-state index in [9.17, 15) is 8.42 Å². The van der Waals surface area contributed by atoms with Crippen molar-refractivity contribution in [1.82, 2.24) is 5.32 Å². The summed E-state index contributed by atoms with van der Waals surface area (Å²) in [7, 11) is -1.41. The number of sulfone groups is 1. The first-order valence-electron chi connectivity index (χ1n) is 7.18. The number of hydrogen-bond donors (Lipinski definition) is 1. The average Bonchev–Trinajstić information content (AvgIpc) is 2.68. The fourth-order valence-corrected chi connectivity index (χ4v) is 5.56. The van der Waals surface area contributed by atoms with Crippen LogP contribution in [-0.4, -0.2) is 26.8 Å². The summed E-state index contributed by atoms with van der Waals surface area (Å²) in [5, 5.41) is 2.90. The van der Waals surface area contributed by atoms with Crippen LogP contribution in [0.4, 0.5) is 0 Å². The second kappa shape index (κ2) is 5.15. The number of hydrogen-bond acceptors (Lipinski definition) is 3. The Kier molecular flexibility index (Phi) is 4.00. The van der Waals surface area contributed by atoms with Crippen LogP contribution in [-0.2, 0) is 9.84 Å². The summed E-state index contributed by atoms with van der Waals surface area (Å²) in [6.07, 6.45) is 1.67. The van der Waals surface area contributed by atoms with Crippen LogP contribution >= 0.6 is 0 Å². The zero-order chi connectivity index (χ0) is 15.1. The molecule has 1 saturated carbocycles. The fraction of sp³-hybridized carbons (Fsp3) is 0.625. The van der Waals surface area contributed by atoms with E-state index in [4.69, 9.17) is 0 Å². The molecule has 0 heterocycles. The second-order valence-corrected chi connectivity index (χ2v) is 8.79. The minimum Gasteiger partial charge on any atom is -0.315 e. The monoisotopic (exact) mass is 295 g/mol. The lowest BCUT2D eigenvalue weighted by atomic mass is 9.87. The van der Waals surface area contributed by atoms with E-state index in [1.807, 2.05) is 33.0 Å². The molecule has 0 amide bonds. The van der Waals surface area contributed by atoms with E-state index in [0.717, 1.165) is 24.0 Å². The first kappa shape index (κ1) is 15.5. The highest BCUT2D eigenvalue weighted by Gasteiger charge is 2.47. The second-order valence-electron chi connectivity index (χ2n) is 6.62. The molecule has 0 aromatic heterocycles. The molecule has 2 atom stereocenters. The van der Waals surface area contributed by atoms with E-state index in [2.05, 4.69) is 19.2 Å². The molecule has 2 unspecified atom stereocenters. The van der Waals surface area contributed by atoms with Crippen molar-refractivity contribution in [2.45, 2.75) is 56.7 Å². The maximum absolute atomic E-state index is 12.9. The zero-order valence-corrected chi connectivity index (χ0v) is 13.8. The van der Waals surface area contributed by atoms with Gasteiger partial charge in [-0.25, -0.2) is 8.42 Å². The summed E-state index contributed by atoms with van der Waals surface area (Å²) in [5.74, 6) is 0. The van der Waals surface area contributed by atoms with Crippen LogP contribution in [0, 0.1) is 19.3 Å². The van der Waals surface area contributed by atoms with Crippen molar-refractivity contribution < 1.29 is 8.42 Å². The highest BCUT2D eigenvalue weighted by atomic mass is 32.2. The van der Waals surface area contributed by atoms with Crippen LogP contribution in [0.15, 0.2) is 23.1 Å². The van der Waals surface area contributed by atoms with E-state index < -0.39 is 9.84 Å². The lowest BCUT2D eigenvalue weighted by Crippen LogP contribution is -2.45. The third-order valence-electron chi connectivity index (χ3n) is 4.80. The van der Waals surface area contributed by atoms with Gasteiger partial charge in [0, 0.05) is 6.04 Å². The molecular weight excluding hydrogens is 270 g/mol. The van der Waals surface area contributed by atoms with Gasteiger partial charge >= 0.3 is 0 Å². The first-order valence-corrected chi connectivity index (χ1v) is 8.73. The first-order chi connectivity index (χ1) is 9.20. The largest absolute Gasteiger partial charge is 0.315 e. The van der Waals surface area contributed by atoms with E-state index in [0.29, 0.717) is 4.90 Å². The van der Waals surface area contributed by atoms with Crippen molar-refractivity contribution in [3.8, 4) is 0 Å². The van der Waals surface area contributed by atoms with E-state index in [1.54, 1.807) is 6.07 Å². The molecule has 20 heavy (non-hydrogen) atoms. The molecule has 1 aliphatic carbocycles. The number of aryl methyl sites for hydroxylation is 2. The summed E-state index contributed by atoms with van der Waals surface area (Å²) >= 11 is 0. The Morgan fingerprint density at radius 2 is 1.85 bits per heavy atom. The van der Waals surface area contributed by atoms with Crippen LogP contribution in [0.1, 0.15) is 37.8 Å². The number of rotatable bonds is 3. The molecule has 1 aromatic carbocycles. The highest BCUT2D eigenvalue weighted by Crippen LogP contribution is 2.42. The van der Waals surface area contributed by atoms with Crippen molar-refractivity contribution in [3.63, 3.8) is 0 Å². The lowest BCUT2D eigenvalue weighted by Gasteiger charge is -2.30. The van der Waals surface area contributed by atoms with Crippen LogP contribution in [0.25, 0.3) is 0 Å². The van der Waals surface area contributed by atoms with Crippen LogP contribution < -0.4 is 5.32 Å². The molecule has 1 N–H and O–H groups in total. The van der Waals surface area contributed by atoms with Gasteiger partial charge in [0.25, 0.3) is 0 Å². The van der Waals surface area contributed by atoms with Gasteiger partial charge in [0.15, 0.2) is 9.84 Å². The van der Waals surface area contributed by atoms with Crippen molar-refractivity contribution in [2.24, 2.45) is 5.41 Å². The van der Waals surface area contributed by atoms with Gasteiger partial charge in [0.05, 0.1) is 10.1 Å². The summed E-state index contributed by atoms with van der Waals surface area (Å²) < 4.78 is 25.8. The maximum Gasteiger partial charge on any atom is 0.182 e. The van der Waals surface area contributed by atoms with Gasteiger partial charge in [-0.15, -0.1) is 0 Å². The number of benzene rings is 1. The van der Waals surface area contributed by atoms with Gasteiger partial charge in [0.1, 0.15) is 0 Å². The van der Waals surface area contributed by atoms with Gasteiger partial charge in [-0.1, -0.05) is 19.9 Å². The zero-order valence-electron chi connectivity index (χ0n) is 13.0. The van der Waals surface area contributed by atoms with Crippen molar-refractivity contribution in [1.29, 1.82) is 0 Å². The molecule has 1 fully saturated rings. The SMILES string of the molecule is CNC1C(S(=O)(=O)c2ccc(C)c(C)c2)CCC1(C)C. The normalized spacial score (nSPS) is 25.9. The Morgan fingerprint density at radius 3 is 2.40 bits per heavy atom. The Bertz CT molecular complexity index is 605. The maximum atomic E-state index is 12.9. The van der Waals surface area contributed by atoms with E-state index in [1.165, 1.54) is 0 Å². The molecule has 3 nitrogen and oxygen atoms in total. The molecule has 1 aliphatic rings. The Labute approximate surface area is 122 Å². The van der Waals surface area contributed by atoms with Gasteiger partial charge in [0.2, 0.25) is 0 Å². The van der Waals surface area contributed by atoms with Crippen molar-refractivity contribution in [2.75, 3.05) is 7.05 Å². The Hall–Kier alpha value is -0.870.